The maximum absolute atomic E-state index is 12.6. The van der Waals surface area contributed by atoms with Gasteiger partial charge in [-0.1, -0.05) is 0 Å². The van der Waals surface area contributed by atoms with Gasteiger partial charge in [-0.25, -0.2) is 4.68 Å². The van der Waals surface area contributed by atoms with Crippen LogP contribution in [-0.4, -0.2) is 49.9 Å². The lowest BCUT2D eigenvalue weighted by Crippen LogP contribution is -2.43. The Bertz CT molecular complexity index is 639. The van der Waals surface area contributed by atoms with Gasteiger partial charge in [0.2, 0.25) is 0 Å². The van der Waals surface area contributed by atoms with E-state index >= 15 is 0 Å². The van der Waals surface area contributed by atoms with Crippen LogP contribution < -0.4 is 0 Å². The van der Waals surface area contributed by atoms with Crippen molar-refractivity contribution in [2.75, 3.05) is 13.1 Å². The minimum Gasteiger partial charge on any atom is -0.393 e. The zero-order chi connectivity index (χ0) is 15.5. The number of amides is 1. The van der Waals surface area contributed by atoms with Crippen LogP contribution >= 0.6 is 0 Å². The molecule has 6 heteroatoms. The first-order valence-electron chi connectivity index (χ1n) is 7.58. The Kier molecular flexibility index (Phi) is 4.20. The van der Waals surface area contributed by atoms with Crippen molar-refractivity contribution in [1.82, 2.24) is 19.7 Å². The van der Waals surface area contributed by atoms with Crippen LogP contribution in [0.2, 0.25) is 0 Å². The molecule has 1 aliphatic rings. The van der Waals surface area contributed by atoms with E-state index < -0.39 is 0 Å². The minimum absolute atomic E-state index is 0.0839. The Balaban J connectivity index is 1.79. The minimum atomic E-state index is -0.390. The van der Waals surface area contributed by atoms with Crippen LogP contribution in [0.5, 0.6) is 0 Å². The molecule has 1 amide bonds. The molecule has 0 aliphatic carbocycles. The maximum Gasteiger partial charge on any atom is 0.272 e. The number of aliphatic hydroxyl groups excluding tert-OH is 1. The van der Waals surface area contributed by atoms with Gasteiger partial charge in [0.05, 0.1) is 11.8 Å². The number of likely N-dealkylation sites (tertiary alicyclic amines) is 1. The molecule has 22 heavy (non-hydrogen) atoms. The zero-order valence-electron chi connectivity index (χ0n) is 12.6. The van der Waals surface area contributed by atoms with Crippen LogP contribution in [0, 0.1) is 5.92 Å². The van der Waals surface area contributed by atoms with Crippen molar-refractivity contribution in [1.29, 1.82) is 0 Å². The van der Waals surface area contributed by atoms with E-state index in [9.17, 15) is 9.90 Å². The van der Waals surface area contributed by atoms with Crippen molar-refractivity contribution < 1.29 is 9.90 Å². The summed E-state index contributed by atoms with van der Waals surface area (Å²) >= 11 is 0. The number of aromatic nitrogens is 3. The SMILES string of the molecule is CC(O)C1CCCN(C(=O)c2cc(-n3cccn3)ccn2)C1. The van der Waals surface area contributed by atoms with Gasteiger partial charge in [0, 0.05) is 37.6 Å². The van der Waals surface area contributed by atoms with Crippen LogP contribution in [0.4, 0.5) is 0 Å². The lowest BCUT2D eigenvalue weighted by molar-refractivity contribution is 0.0461. The van der Waals surface area contributed by atoms with Crippen molar-refractivity contribution in [2.24, 2.45) is 5.92 Å². The highest BCUT2D eigenvalue weighted by molar-refractivity contribution is 5.92. The number of nitrogens with zero attached hydrogens (tertiary/aromatic N) is 4. The summed E-state index contributed by atoms with van der Waals surface area (Å²) in [6.45, 7) is 3.09. The molecule has 2 aromatic rings. The Hall–Kier alpha value is -2.21. The molecule has 2 unspecified atom stereocenters. The predicted molar refractivity (Wildman–Crippen MR) is 81.7 cm³/mol. The van der Waals surface area contributed by atoms with Gasteiger partial charge in [-0.15, -0.1) is 0 Å². The summed E-state index contributed by atoms with van der Waals surface area (Å²) in [6, 6.07) is 5.40. The fourth-order valence-electron chi connectivity index (χ4n) is 2.85. The molecular formula is C16H20N4O2. The van der Waals surface area contributed by atoms with Gasteiger partial charge >= 0.3 is 0 Å². The summed E-state index contributed by atoms with van der Waals surface area (Å²) in [5.74, 6) is 0.0614. The van der Waals surface area contributed by atoms with Crippen molar-refractivity contribution in [3.63, 3.8) is 0 Å². The van der Waals surface area contributed by atoms with E-state index in [4.69, 9.17) is 0 Å². The summed E-state index contributed by atoms with van der Waals surface area (Å²) < 4.78 is 1.70. The fraction of sp³-hybridized carbons (Fsp3) is 0.438. The second-order valence-corrected chi connectivity index (χ2v) is 5.74. The molecule has 3 rings (SSSR count). The molecule has 2 atom stereocenters. The monoisotopic (exact) mass is 300 g/mol. The van der Waals surface area contributed by atoms with Gasteiger partial charge in [-0.05, 0) is 38.0 Å². The van der Waals surface area contributed by atoms with E-state index in [1.807, 2.05) is 18.3 Å². The van der Waals surface area contributed by atoms with Gasteiger partial charge < -0.3 is 10.0 Å². The molecule has 6 nitrogen and oxygen atoms in total. The van der Waals surface area contributed by atoms with E-state index in [-0.39, 0.29) is 17.9 Å². The molecule has 116 valence electrons. The summed E-state index contributed by atoms with van der Waals surface area (Å²) in [7, 11) is 0. The van der Waals surface area contributed by atoms with E-state index in [0.29, 0.717) is 12.2 Å². The Morgan fingerprint density at radius 2 is 2.32 bits per heavy atom. The molecule has 1 saturated heterocycles. The molecule has 2 aromatic heterocycles. The highest BCUT2D eigenvalue weighted by Gasteiger charge is 2.27. The number of hydrogen-bond acceptors (Lipinski definition) is 4. The van der Waals surface area contributed by atoms with Gasteiger partial charge in [-0.3, -0.25) is 9.78 Å². The summed E-state index contributed by atoms with van der Waals surface area (Å²) in [5.41, 5.74) is 1.23. The largest absolute Gasteiger partial charge is 0.393 e. The molecule has 1 fully saturated rings. The predicted octanol–water partition coefficient (Wildman–Crippen LogP) is 1.50. The fourth-order valence-corrected chi connectivity index (χ4v) is 2.85. The molecule has 3 heterocycles. The van der Waals surface area contributed by atoms with Crippen molar-refractivity contribution in [3.8, 4) is 5.69 Å². The lowest BCUT2D eigenvalue weighted by atomic mass is 9.93. The lowest BCUT2D eigenvalue weighted by Gasteiger charge is -2.34. The molecule has 0 bridgehead atoms. The maximum atomic E-state index is 12.6. The highest BCUT2D eigenvalue weighted by Crippen LogP contribution is 2.21. The van der Waals surface area contributed by atoms with Crippen LogP contribution in [0.3, 0.4) is 0 Å². The standard InChI is InChI=1S/C16H20N4O2/c1-12(21)13-4-2-8-19(11-13)16(22)15-10-14(5-7-17-15)20-9-3-6-18-20/h3,5-7,9-10,12-13,21H,2,4,8,11H2,1H3. The van der Waals surface area contributed by atoms with Crippen LogP contribution in [0.15, 0.2) is 36.8 Å². The number of carbonyl (C=O) groups is 1. The van der Waals surface area contributed by atoms with Crippen LogP contribution in [0.1, 0.15) is 30.3 Å². The first-order valence-corrected chi connectivity index (χ1v) is 7.58. The second kappa shape index (κ2) is 6.27. The van der Waals surface area contributed by atoms with E-state index in [2.05, 4.69) is 10.1 Å². The van der Waals surface area contributed by atoms with E-state index in [0.717, 1.165) is 25.1 Å². The number of hydrogen-bond donors (Lipinski definition) is 1. The number of piperidine rings is 1. The summed E-state index contributed by atoms with van der Waals surface area (Å²) in [6.07, 6.45) is 6.63. The summed E-state index contributed by atoms with van der Waals surface area (Å²) in [4.78, 5) is 18.6. The molecular weight excluding hydrogens is 280 g/mol. The molecule has 0 radical (unpaired) electrons. The van der Waals surface area contributed by atoms with Gasteiger partial charge in [0.25, 0.3) is 5.91 Å². The molecule has 0 aromatic carbocycles. The van der Waals surface area contributed by atoms with E-state index in [1.54, 1.807) is 35.0 Å². The smallest absolute Gasteiger partial charge is 0.272 e. The third-order valence-corrected chi connectivity index (χ3v) is 4.16. The Morgan fingerprint density at radius 1 is 1.45 bits per heavy atom. The number of aliphatic hydroxyl groups is 1. The van der Waals surface area contributed by atoms with Gasteiger partial charge in [0.15, 0.2) is 0 Å². The topological polar surface area (TPSA) is 71.2 Å². The average Bonchev–Trinajstić information content (AvgIpc) is 3.09. The molecule has 1 aliphatic heterocycles. The second-order valence-electron chi connectivity index (χ2n) is 5.74. The van der Waals surface area contributed by atoms with Crippen LogP contribution in [-0.2, 0) is 0 Å². The van der Waals surface area contributed by atoms with Gasteiger partial charge in [0.1, 0.15) is 5.69 Å². The first kappa shape index (κ1) is 14.7. The number of rotatable bonds is 3. The van der Waals surface area contributed by atoms with E-state index in [1.165, 1.54) is 0 Å². The number of carbonyl (C=O) groups excluding carboxylic acids is 1. The zero-order valence-corrected chi connectivity index (χ0v) is 12.6. The van der Waals surface area contributed by atoms with Crippen molar-refractivity contribution in [3.05, 3.63) is 42.5 Å². The normalized spacial score (nSPS) is 19.9. The van der Waals surface area contributed by atoms with Crippen molar-refractivity contribution in [2.45, 2.75) is 25.9 Å². The molecule has 1 N–H and O–H groups in total. The quantitative estimate of drug-likeness (QED) is 0.932. The number of pyridine rings is 1. The van der Waals surface area contributed by atoms with Crippen molar-refractivity contribution >= 4 is 5.91 Å². The average molecular weight is 300 g/mol. The Labute approximate surface area is 129 Å². The third-order valence-electron chi connectivity index (χ3n) is 4.16. The molecule has 0 saturated carbocycles. The third kappa shape index (κ3) is 3.01. The molecule has 0 spiro atoms. The highest BCUT2D eigenvalue weighted by atomic mass is 16.3. The Morgan fingerprint density at radius 3 is 3.05 bits per heavy atom. The van der Waals surface area contributed by atoms with Gasteiger partial charge in [-0.2, -0.15) is 5.10 Å². The van der Waals surface area contributed by atoms with Crippen LogP contribution in [0.25, 0.3) is 5.69 Å². The summed E-state index contributed by atoms with van der Waals surface area (Å²) in [5, 5.41) is 13.9. The first-order chi connectivity index (χ1) is 10.6.